The van der Waals surface area contributed by atoms with E-state index in [2.05, 4.69) is 10.6 Å². The number of nitrogens with one attached hydrogen (secondary N) is 2. The van der Waals surface area contributed by atoms with Gasteiger partial charge in [0.25, 0.3) is 0 Å². The highest BCUT2D eigenvalue weighted by atomic mass is 16.2. The molecule has 0 aliphatic carbocycles. The molecular weight excluding hydrogens is 244 g/mol. The lowest BCUT2D eigenvalue weighted by Gasteiger charge is -2.34. The molecule has 0 spiro atoms. The monoisotopic (exact) mass is 270 g/mol. The van der Waals surface area contributed by atoms with E-state index >= 15 is 0 Å². The van der Waals surface area contributed by atoms with E-state index in [4.69, 9.17) is 5.73 Å². The van der Waals surface area contributed by atoms with Crippen molar-refractivity contribution in [2.45, 2.75) is 45.2 Å². The Morgan fingerprint density at radius 2 is 1.84 bits per heavy atom. The maximum absolute atomic E-state index is 12.0. The van der Waals surface area contributed by atoms with Gasteiger partial charge in [-0.1, -0.05) is 0 Å². The van der Waals surface area contributed by atoms with Crippen LogP contribution in [0.15, 0.2) is 0 Å². The minimum atomic E-state index is -0.387. The molecule has 2 amide bonds. The summed E-state index contributed by atoms with van der Waals surface area (Å²) in [6.07, 6.45) is 1.88. The second-order valence-electron chi connectivity index (χ2n) is 6.15. The summed E-state index contributed by atoms with van der Waals surface area (Å²) in [5.74, 6) is -0.450. The average molecular weight is 270 g/mol. The SMILES string of the molecule is CC(C)(C)NC(=O)CN(CC(N)=O)C1CCNCC1. The first kappa shape index (κ1) is 15.9. The van der Waals surface area contributed by atoms with Gasteiger partial charge in [0.1, 0.15) is 0 Å². The van der Waals surface area contributed by atoms with Crippen LogP contribution in [0.4, 0.5) is 0 Å². The van der Waals surface area contributed by atoms with Gasteiger partial charge in [0.05, 0.1) is 13.1 Å². The van der Waals surface area contributed by atoms with Crippen molar-refractivity contribution in [3.63, 3.8) is 0 Å². The molecule has 0 atom stereocenters. The summed E-state index contributed by atoms with van der Waals surface area (Å²) in [6, 6.07) is 0.250. The first-order chi connectivity index (χ1) is 8.78. The van der Waals surface area contributed by atoms with Gasteiger partial charge in [0.15, 0.2) is 0 Å². The third-order valence-corrected chi connectivity index (χ3v) is 3.05. The van der Waals surface area contributed by atoms with Crippen LogP contribution in [0.2, 0.25) is 0 Å². The zero-order valence-electron chi connectivity index (χ0n) is 12.2. The average Bonchev–Trinajstić information content (AvgIpc) is 2.26. The van der Waals surface area contributed by atoms with Gasteiger partial charge in [-0.2, -0.15) is 0 Å². The van der Waals surface area contributed by atoms with E-state index in [1.54, 1.807) is 0 Å². The molecule has 6 heteroatoms. The molecule has 0 aromatic rings. The second kappa shape index (κ2) is 6.86. The van der Waals surface area contributed by atoms with Gasteiger partial charge < -0.3 is 16.4 Å². The Morgan fingerprint density at radius 1 is 1.26 bits per heavy atom. The maximum atomic E-state index is 12.0. The Balaban J connectivity index is 2.58. The number of primary amides is 1. The smallest absolute Gasteiger partial charge is 0.234 e. The predicted octanol–water partition coefficient (Wildman–Crippen LogP) is -0.560. The molecule has 1 aliphatic rings. The van der Waals surface area contributed by atoms with Crippen LogP contribution >= 0.6 is 0 Å². The zero-order chi connectivity index (χ0) is 14.5. The van der Waals surface area contributed by atoms with E-state index in [-0.39, 0.29) is 36.5 Å². The van der Waals surface area contributed by atoms with Crippen LogP contribution in [0.1, 0.15) is 33.6 Å². The lowest BCUT2D eigenvalue weighted by molar-refractivity contribution is -0.126. The van der Waals surface area contributed by atoms with E-state index < -0.39 is 0 Å². The molecule has 110 valence electrons. The fourth-order valence-electron chi connectivity index (χ4n) is 2.33. The first-order valence-electron chi connectivity index (χ1n) is 6.82. The molecular formula is C13H26N4O2. The summed E-state index contributed by atoms with van der Waals surface area (Å²) in [4.78, 5) is 25.0. The number of rotatable bonds is 5. The minimum Gasteiger partial charge on any atom is -0.369 e. The molecule has 1 heterocycles. The maximum Gasteiger partial charge on any atom is 0.234 e. The number of carbonyl (C=O) groups excluding carboxylic acids is 2. The molecule has 0 bridgehead atoms. The highest BCUT2D eigenvalue weighted by Gasteiger charge is 2.25. The first-order valence-corrected chi connectivity index (χ1v) is 6.82. The van der Waals surface area contributed by atoms with E-state index in [1.807, 2.05) is 25.7 Å². The Hall–Kier alpha value is -1.14. The number of hydrogen-bond donors (Lipinski definition) is 3. The highest BCUT2D eigenvalue weighted by molar-refractivity contribution is 5.80. The van der Waals surface area contributed by atoms with Crippen LogP contribution in [0.3, 0.4) is 0 Å². The molecule has 1 fully saturated rings. The number of hydrogen-bond acceptors (Lipinski definition) is 4. The predicted molar refractivity (Wildman–Crippen MR) is 74.6 cm³/mol. The van der Waals surface area contributed by atoms with Crippen molar-refractivity contribution < 1.29 is 9.59 Å². The van der Waals surface area contributed by atoms with Gasteiger partial charge >= 0.3 is 0 Å². The molecule has 1 saturated heterocycles. The van der Waals surface area contributed by atoms with Gasteiger partial charge in [-0.05, 0) is 46.7 Å². The van der Waals surface area contributed by atoms with Gasteiger partial charge in [-0.3, -0.25) is 14.5 Å². The van der Waals surface area contributed by atoms with Crippen LogP contribution in [-0.4, -0.2) is 54.5 Å². The van der Waals surface area contributed by atoms with E-state index in [0.717, 1.165) is 25.9 Å². The van der Waals surface area contributed by atoms with Crippen molar-refractivity contribution in [3.8, 4) is 0 Å². The lowest BCUT2D eigenvalue weighted by atomic mass is 10.0. The van der Waals surface area contributed by atoms with E-state index in [9.17, 15) is 9.59 Å². The van der Waals surface area contributed by atoms with Crippen molar-refractivity contribution in [1.29, 1.82) is 0 Å². The van der Waals surface area contributed by atoms with Crippen LogP contribution in [0.5, 0.6) is 0 Å². The van der Waals surface area contributed by atoms with Crippen molar-refractivity contribution in [3.05, 3.63) is 0 Å². The minimum absolute atomic E-state index is 0.0627. The van der Waals surface area contributed by atoms with Crippen LogP contribution in [-0.2, 0) is 9.59 Å². The summed E-state index contributed by atoms with van der Waals surface area (Å²) in [6.45, 7) is 8.02. The van der Waals surface area contributed by atoms with Crippen molar-refractivity contribution in [2.75, 3.05) is 26.2 Å². The summed E-state index contributed by atoms with van der Waals surface area (Å²) in [7, 11) is 0. The number of nitrogens with zero attached hydrogens (tertiary/aromatic N) is 1. The topological polar surface area (TPSA) is 87.5 Å². The van der Waals surface area contributed by atoms with Gasteiger partial charge in [-0.25, -0.2) is 0 Å². The Morgan fingerprint density at radius 3 is 2.32 bits per heavy atom. The molecule has 19 heavy (non-hydrogen) atoms. The molecule has 0 unspecified atom stereocenters. The molecule has 1 rings (SSSR count). The van der Waals surface area contributed by atoms with Gasteiger partial charge in [-0.15, -0.1) is 0 Å². The van der Waals surface area contributed by atoms with Gasteiger partial charge in [0, 0.05) is 11.6 Å². The van der Waals surface area contributed by atoms with Crippen molar-refractivity contribution in [1.82, 2.24) is 15.5 Å². The molecule has 0 aromatic carbocycles. The standard InChI is InChI=1S/C13H26N4O2/c1-13(2,3)16-12(19)9-17(8-11(14)18)10-4-6-15-7-5-10/h10,15H,4-9H2,1-3H3,(H2,14,18)(H,16,19). The van der Waals surface area contributed by atoms with Crippen LogP contribution in [0, 0.1) is 0 Å². The number of nitrogens with two attached hydrogens (primary N) is 1. The largest absolute Gasteiger partial charge is 0.369 e. The van der Waals surface area contributed by atoms with Crippen LogP contribution < -0.4 is 16.4 Å². The normalized spacial score (nSPS) is 17.5. The molecule has 0 radical (unpaired) electrons. The summed E-state index contributed by atoms with van der Waals surface area (Å²) in [5.41, 5.74) is 5.01. The Kier molecular flexibility index (Phi) is 5.75. The second-order valence-corrected chi connectivity index (χ2v) is 6.15. The van der Waals surface area contributed by atoms with E-state index in [1.165, 1.54) is 0 Å². The Labute approximate surface area is 115 Å². The zero-order valence-corrected chi connectivity index (χ0v) is 12.2. The fourth-order valence-corrected chi connectivity index (χ4v) is 2.33. The quantitative estimate of drug-likeness (QED) is 0.625. The highest BCUT2D eigenvalue weighted by Crippen LogP contribution is 2.11. The number of piperidine rings is 1. The lowest BCUT2D eigenvalue weighted by Crippen LogP contribution is -2.52. The molecule has 0 saturated carbocycles. The Bertz CT molecular complexity index is 319. The molecule has 6 nitrogen and oxygen atoms in total. The summed E-state index contributed by atoms with van der Waals surface area (Å²) >= 11 is 0. The third-order valence-electron chi connectivity index (χ3n) is 3.05. The van der Waals surface area contributed by atoms with Crippen molar-refractivity contribution >= 4 is 11.8 Å². The molecule has 1 aliphatic heterocycles. The summed E-state index contributed by atoms with van der Waals surface area (Å²) < 4.78 is 0. The van der Waals surface area contributed by atoms with Crippen molar-refractivity contribution in [2.24, 2.45) is 5.73 Å². The number of carbonyl (C=O) groups is 2. The summed E-state index contributed by atoms with van der Waals surface area (Å²) in [5, 5.41) is 6.18. The molecule has 0 aromatic heterocycles. The third kappa shape index (κ3) is 6.54. The molecule has 4 N–H and O–H groups in total. The van der Waals surface area contributed by atoms with E-state index in [0.29, 0.717) is 0 Å². The van der Waals surface area contributed by atoms with Crippen LogP contribution in [0.25, 0.3) is 0 Å². The number of amides is 2. The van der Waals surface area contributed by atoms with Gasteiger partial charge in [0.2, 0.25) is 11.8 Å². The fraction of sp³-hybridized carbons (Fsp3) is 0.846.